The summed E-state index contributed by atoms with van der Waals surface area (Å²) in [6.07, 6.45) is 3.22. The fourth-order valence-corrected chi connectivity index (χ4v) is 5.80. The summed E-state index contributed by atoms with van der Waals surface area (Å²) in [6.45, 7) is 8.05. The smallest absolute Gasteiger partial charge is 0.341 e. The molecule has 202 valence electrons. The minimum atomic E-state index is -1.04. The summed E-state index contributed by atoms with van der Waals surface area (Å²) >= 11 is 0. The van der Waals surface area contributed by atoms with E-state index in [-0.39, 0.29) is 17.5 Å². The number of aromatic carboxylic acids is 1. The first-order valence-corrected chi connectivity index (χ1v) is 13.4. The van der Waals surface area contributed by atoms with E-state index in [1.54, 1.807) is 4.52 Å². The van der Waals surface area contributed by atoms with E-state index in [0.29, 0.717) is 12.2 Å². The molecule has 10 nitrogen and oxygen atoms in total. The van der Waals surface area contributed by atoms with E-state index in [1.165, 1.54) is 6.20 Å². The van der Waals surface area contributed by atoms with Crippen LogP contribution in [-0.2, 0) is 11.3 Å². The van der Waals surface area contributed by atoms with Gasteiger partial charge in [0.2, 0.25) is 0 Å². The molecule has 39 heavy (non-hydrogen) atoms. The van der Waals surface area contributed by atoms with Gasteiger partial charge < -0.3 is 19.6 Å². The average Bonchev–Trinajstić information content (AvgIpc) is 3.51. The van der Waals surface area contributed by atoms with Gasteiger partial charge in [0.1, 0.15) is 17.2 Å². The first-order chi connectivity index (χ1) is 19.0. The van der Waals surface area contributed by atoms with E-state index in [9.17, 15) is 9.90 Å². The normalized spacial score (nSPS) is 19.4. The Morgan fingerprint density at radius 3 is 2.69 bits per heavy atom. The van der Waals surface area contributed by atoms with Crippen molar-refractivity contribution in [1.82, 2.24) is 24.5 Å². The fourth-order valence-electron chi connectivity index (χ4n) is 5.80. The van der Waals surface area contributed by atoms with Gasteiger partial charge in [0.15, 0.2) is 5.65 Å². The lowest BCUT2D eigenvalue weighted by atomic mass is 9.93. The van der Waals surface area contributed by atoms with Crippen molar-refractivity contribution in [2.24, 2.45) is 0 Å². The van der Waals surface area contributed by atoms with Crippen molar-refractivity contribution in [2.75, 3.05) is 56.2 Å². The van der Waals surface area contributed by atoms with Gasteiger partial charge in [-0.05, 0) is 18.6 Å². The maximum absolute atomic E-state index is 12.1. The van der Waals surface area contributed by atoms with Crippen LogP contribution in [0.3, 0.4) is 0 Å². The van der Waals surface area contributed by atoms with Crippen LogP contribution in [0.15, 0.2) is 60.9 Å². The van der Waals surface area contributed by atoms with E-state index in [4.69, 9.17) is 14.7 Å². The zero-order valence-corrected chi connectivity index (χ0v) is 22.3. The molecule has 0 amide bonds. The maximum atomic E-state index is 12.1. The van der Waals surface area contributed by atoms with Gasteiger partial charge in [-0.2, -0.15) is 9.61 Å². The van der Waals surface area contributed by atoms with Crippen molar-refractivity contribution in [3.8, 4) is 0 Å². The fraction of sp³-hybridized carbons (Fsp3) is 0.379. The summed E-state index contributed by atoms with van der Waals surface area (Å²) in [5, 5.41) is 14.3. The zero-order chi connectivity index (χ0) is 26.9. The number of anilines is 2. The molecule has 2 aliphatic heterocycles. The van der Waals surface area contributed by atoms with E-state index in [0.717, 1.165) is 67.8 Å². The molecular weight excluding hydrogens is 494 g/mol. The molecule has 0 bridgehead atoms. The number of pyridine rings is 1. The molecule has 4 aromatic rings. The van der Waals surface area contributed by atoms with Crippen LogP contribution in [0.25, 0.3) is 5.65 Å². The van der Waals surface area contributed by atoms with E-state index >= 15 is 0 Å². The first-order valence-electron chi connectivity index (χ1n) is 13.4. The minimum Gasteiger partial charge on any atom is -0.477 e. The molecule has 0 aliphatic carbocycles. The van der Waals surface area contributed by atoms with Gasteiger partial charge in [-0.3, -0.25) is 4.90 Å². The molecule has 0 radical (unpaired) electrons. The highest BCUT2D eigenvalue weighted by molar-refractivity contribution is 5.94. The Morgan fingerprint density at radius 1 is 1.13 bits per heavy atom. The van der Waals surface area contributed by atoms with Crippen LogP contribution in [0, 0.1) is 0 Å². The lowest BCUT2D eigenvalue weighted by molar-refractivity contribution is 0.0390. The summed E-state index contributed by atoms with van der Waals surface area (Å²) < 4.78 is 7.15. The minimum absolute atomic E-state index is 0.0659. The molecule has 0 spiro atoms. The number of carboxylic acids is 1. The van der Waals surface area contributed by atoms with Crippen LogP contribution in [-0.4, -0.2) is 88.0 Å². The van der Waals surface area contributed by atoms with Gasteiger partial charge in [-0.15, -0.1) is 0 Å². The number of nitrogens with zero attached hydrogens (tertiary/aromatic N) is 7. The molecule has 1 fully saturated rings. The van der Waals surface area contributed by atoms with Gasteiger partial charge in [0, 0.05) is 63.6 Å². The van der Waals surface area contributed by atoms with Gasteiger partial charge in [-0.1, -0.05) is 36.4 Å². The summed E-state index contributed by atoms with van der Waals surface area (Å²) in [5.41, 5.74) is 3.51. The van der Waals surface area contributed by atoms with Crippen molar-refractivity contribution in [3.63, 3.8) is 0 Å². The van der Waals surface area contributed by atoms with Crippen molar-refractivity contribution in [1.29, 1.82) is 0 Å². The molecule has 3 aromatic heterocycles. The maximum Gasteiger partial charge on any atom is 0.341 e. The second-order valence-electron chi connectivity index (χ2n) is 10.3. The summed E-state index contributed by atoms with van der Waals surface area (Å²) in [5.74, 6) is 0.649. The Morgan fingerprint density at radius 2 is 1.92 bits per heavy atom. The SMILES string of the molecule is CC1C(c2cc(N(C)Cc3ccccc3)n3ncc(C(=O)O)c3n2)c2cccnc2N1CCN1CCOCC1. The Kier molecular flexibility index (Phi) is 6.88. The highest BCUT2D eigenvalue weighted by Gasteiger charge is 2.39. The molecule has 5 heterocycles. The quantitative estimate of drug-likeness (QED) is 0.370. The zero-order valence-electron chi connectivity index (χ0n) is 22.3. The standard InChI is InChI=1S/C29H33N7O3/c1-20-26(22-9-6-10-30-27(22)35(20)12-11-34-13-15-39-16-14-34)24-17-25(33(2)19-21-7-4-3-5-8-21)36-28(32-24)23(18-31-36)29(37)38/h3-10,17-18,20,26H,11-16,19H2,1-2H3,(H,37,38). The monoisotopic (exact) mass is 527 g/mol. The molecule has 1 aromatic carbocycles. The lowest BCUT2D eigenvalue weighted by Gasteiger charge is -2.32. The first kappa shape index (κ1) is 25.3. The number of aromatic nitrogens is 4. The highest BCUT2D eigenvalue weighted by atomic mass is 16.5. The van der Waals surface area contributed by atoms with Crippen LogP contribution in [0.1, 0.15) is 40.0 Å². The van der Waals surface area contributed by atoms with Gasteiger partial charge in [0.05, 0.1) is 31.0 Å². The molecule has 0 saturated carbocycles. The van der Waals surface area contributed by atoms with Gasteiger partial charge in [0.25, 0.3) is 0 Å². The Labute approximate surface area is 227 Å². The third-order valence-electron chi connectivity index (χ3n) is 7.83. The molecule has 10 heteroatoms. The highest BCUT2D eigenvalue weighted by Crippen LogP contribution is 2.43. The molecule has 2 aliphatic rings. The largest absolute Gasteiger partial charge is 0.477 e. The third kappa shape index (κ3) is 4.81. The average molecular weight is 528 g/mol. The number of carbonyl (C=O) groups is 1. The van der Waals surface area contributed by atoms with E-state index in [1.807, 2.05) is 37.5 Å². The molecular formula is C29H33N7O3. The number of ether oxygens (including phenoxy) is 1. The summed E-state index contributed by atoms with van der Waals surface area (Å²) in [7, 11) is 2.00. The van der Waals surface area contributed by atoms with Crippen LogP contribution < -0.4 is 9.80 Å². The number of morpholine rings is 1. The Bertz CT molecular complexity index is 1470. The predicted molar refractivity (Wildman–Crippen MR) is 149 cm³/mol. The molecule has 2 atom stereocenters. The van der Waals surface area contributed by atoms with E-state index < -0.39 is 5.97 Å². The second-order valence-corrected chi connectivity index (χ2v) is 10.3. The van der Waals surface area contributed by atoms with Crippen LogP contribution in [0.2, 0.25) is 0 Å². The van der Waals surface area contributed by atoms with E-state index in [2.05, 4.69) is 51.0 Å². The summed E-state index contributed by atoms with van der Waals surface area (Å²) in [4.78, 5) is 28.7. The van der Waals surface area contributed by atoms with Crippen molar-refractivity contribution in [3.05, 3.63) is 83.3 Å². The number of hydrogen-bond acceptors (Lipinski definition) is 8. The number of hydrogen-bond donors (Lipinski definition) is 1. The predicted octanol–water partition coefficient (Wildman–Crippen LogP) is 3.13. The van der Waals surface area contributed by atoms with Crippen LogP contribution in [0.5, 0.6) is 0 Å². The van der Waals surface area contributed by atoms with Gasteiger partial charge >= 0.3 is 5.97 Å². The number of benzene rings is 1. The number of carboxylic acid groups (broad SMARTS) is 1. The summed E-state index contributed by atoms with van der Waals surface area (Å²) in [6, 6.07) is 16.4. The molecule has 1 N–H and O–H groups in total. The lowest BCUT2D eigenvalue weighted by Crippen LogP contribution is -2.43. The molecule has 2 unspecified atom stereocenters. The van der Waals surface area contributed by atoms with Crippen LogP contribution >= 0.6 is 0 Å². The second kappa shape index (κ2) is 10.6. The number of fused-ring (bicyclic) bond motifs is 2. The Hall–Kier alpha value is -4.02. The van der Waals surface area contributed by atoms with Crippen molar-refractivity contribution >= 4 is 23.3 Å². The van der Waals surface area contributed by atoms with Gasteiger partial charge in [-0.25, -0.2) is 14.8 Å². The van der Waals surface area contributed by atoms with Crippen molar-refractivity contribution in [2.45, 2.75) is 25.4 Å². The Balaban J connectivity index is 1.39. The topological polar surface area (TPSA) is 99.3 Å². The van der Waals surface area contributed by atoms with Crippen LogP contribution in [0.4, 0.5) is 11.6 Å². The number of rotatable bonds is 8. The third-order valence-corrected chi connectivity index (χ3v) is 7.83. The van der Waals surface area contributed by atoms with Crippen molar-refractivity contribution < 1.29 is 14.6 Å². The molecule has 6 rings (SSSR count). The molecule has 1 saturated heterocycles.